The van der Waals surface area contributed by atoms with Crippen molar-refractivity contribution in [2.24, 2.45) is 0 Å². The minimum absolute atomic E-state index is 0.0230. The van der Waals surface area contributed by atoms with E-state index >= 15 is 0 Å². The second kappa shape index (κ2) is 5.85. The fraction of sp³-hybridized carbons (Fsp3) is 0.231. The normalized spacial score (nSPS) is 10.6. The second-order valence-corrected chi connectivity index (χ2v) is 3.62. The number of hydrogen-bond donors (Lipinski definition) is 1. The van der Waals surface area contributed by atoms with Gasteiger partial charge in [-0.3, -0.25) is 9.59 Å². The van der Waals surface area contributed by atoms with E-state index in [4.69, 9.17) is 5.11 Å². The van der Waals surface area contributed by atoms with Gasteiger partial charge in [-0.2, -0.15) is 0 Å². The van der Waals surface area contributed by atoms with Gasteiger partial charge in [0.25, 0.3) is 0 Å². The smallest absolute Gasteiger partial charge is 0.307 e. The maximum atomic E-state index is 10.9. The molecular formula is C13H14O3. The molecule has 0 saturated heterocycles. The molecule has 0 atom stereocenters. The molecule has 0 heterocycles. The number of aliphatic carboxylic acids is 1. The maximum Gasteiger partial charge on any atom is 0.307 e. The Kier molecular flexibility index (Phi) is 4.45. The number of carbonyl (C=O) groups is 2. The summed E-state index contributed by atoms with van der Waals surface area (Å²) in [5.74, 6) is -0.710. The zero-order valence-electron chi connectivity index (χ0n) is 9.14. The predicted molar refractivity (Wildman–Crippen MR) is 62.1 cm³/mol. The lowest BCUT2D eigenvalue weighted by Gasteiger charge is -1.98. The van der Waals surface area contributed by atoms with Gasteiger partial charge in [0.05, 0.1) is 6.42 Å². The Morgan fingerprint density at radius 2 is 1.88 bits per heavy atom. The van der Waals surface area contributed by atoms with E-state index in [-0.39, 0.29) is 12.2 Å². The van der Waals surface area contributed by atoms with Crippen LogP contribution < -0.4 is 0 Å². The molecule has 0 unspecified atom stereocenters. The van der Waals surface area contributed by atoms with Gasteiger partial charge in [-0.05, 0) is 18.1 Å². The molecule has 0 spiro atoms. The van der Waals surface area contributed by atoms with Crippen molar-refractivity contribution in [2.75, 3.05) is 0 Å². The van der Waals surface area contributed by atoms with Crippen LogP contribution in [0.1, 0.15) is 24.5 Å². The first-order valence-electron chi connectivity index (χ1n) is 5.04. The largest absolute Gasteiger partial charge is 0.481 e. The lowest BCUT2D eigenvalue weighted by atomic mass is 10.1. The van der Waals surface area contributed by atoms with Crippen molar-refractivity contribution >= 4 is 17.8 Å². The van der Waals surface area contributed by atoms with Crippen LogP contribution in [0.25, 0.3) is 6.08 Å². The molecule has 1 rings (SSSR count). The highest BCUT2D eigenvalue weighted by Crippen LogP contribution is 2.07. The van der Waals surface area contributed by atoms with E-state index in [0.29, 0.717) is 6.42 Å². The summed E-state index contributed by atoms with van der Waals surface area (Å²) in [7, 11) is 0. The van der Waals surface area contributed by atoms with Gasteiger partial charge >= 0.3 is 5.97 Å². The van der Waals surface area contributed by atoms with Gasteiger partial charge in [-0.15, -0.1) is 0 Å². The third-order valence-electron chi connectivity index (χ3n) is 2.04. The molecule has 1 N–H and O–H groups in total. The first-order valence-corrected chi connectivity index (χ1v) is 5.04. The van der Waals surface area contributed by atoms with E-state index in [1.807, 2.05) is 24.3 Å². The molecule has 84 valence electrons. The Labute approximate surface area is 94.4 Å². The lowest BCUT2D eigenvalue weighted by molar-refractivity contribution is -0.136. The lowest BCUT2D eigenvalue weighted by Crippen LogP contribution is -1.95. The van der Waals surface area contributed by atoms with Crippen LogP contribution in [-0.2, 0) is 16.0 Å². The molecule has 0 aliphatic carbocycles. The van der Waals surface area contributed by atoms with Crippen molar-refractivity contribution in [1.82, 2.24) is 0 Å². The second-order valence-electron chi connectivity index (χ2n) is 3.62. The third-order valence-corrected chi connectivity index (χ3v) is 2.04. The van der Waals surface area contributed by atoms with Gasteiger partial charge in [-0.1, -0.05) is 36.4 Å². The SMILES string of the molecule is CC(=O)Cc1ccc(C=CCC(=O)O)cc1. The van der Waals surface area contributed by atoms with Gasteiger partial charge in [0, 0.05) is 6.42 Å². The molecule has 0 fully saturated rings. The number of ketones is 1. The Hall–Kier alpha value is -1.90. The van der Waals surface area contributed by atoms with Crippen molar-refractivity contribution in [3.05, 3.63) is 41.5 Å². The highest BCUT2D eigenvalue weighted by Gasteiger charge is 1.96. The Bertz CT molecular complexity index is 402. The summed E-state index contributed by atoms with van der Waals surface area (Å²) >= 11 is 0. The molecule has 0 aliphatic rings. The fourth-order valence-corrected chi connectivity index (χ4v) is 1.33. The quantitative estimate of drug-likeness (QED) is 0.825. The first-order chi connectivity index (χ1) is 7.58. The molecule has 0 bridgehead atoms. The molecule has 0 aliphatic heterocycles. The van der Waals surface area contributed by atoms with Crippen LogP contribution in [0.4, 0.5) is 0 Å². The summed E-state index contributed by atoms with van der Waals surface area (Å²) in [5, 5.41) is 8.45. The number of benzene rings is 1. The van der Waals surface area contributed by atoms with Gasteiger partial charge < -0.3 is 5.11 Å². The van der Waals surface area contributed by atoms with E-state index in [2.05, 4.69) is 0 Å². The maximum absolute atomic E-state index is 10.9. The van der Waals surface area contributed by atoms with Crippen molar-refractivity contribution in [2.45, 2.75) is 19.8 Å². The topological polar surface area (TPSA) is 54.4 Å². The highest BCUT2D eigenvalue weighted by molar-refractivity contribution is 5.78. The van der Waals surface area contributed by atoms with Crippen molar-refractivity contribution in [3.63, 3.8) is 0 Å². The van der Waals surface area contributed by atoms with Crippen LogP contribution in [0.2, 0.25) is 0 Å². The monoisotopic (exact) mass is 218 g/mol. The highest BCUT2D eigenvalue weighted by atomic mass is 16.4. The molecule has 3 nitrogen and oxygen atoms in total. The molecule has 0 saturated carbocycles. The van der Waals surface area contributed by atoms with E-state index in [1.165, 1.54) is 0 Å². The van der Waals surface area contributed by atoms with E-state index in [1.54, 1.807) is 19.1 Å². The first kappa shape index (κ1) is 12.2. The number of carbonyl (C=O) groups excluding carboxylic acids is 1. The summed E-state index contributed by atoms with van der Waals surface area (Å²) in [6.45, 7) is 1.56. The number of rotatable bonds is 5. The van der Waals surface area contributed by atoms with Gasteiger partial charge in [0.1, 0.15) is 5.78 Å². The minimum Gasteiger partial charge on any atom is -0.481 e. The average molecular weight is 218 g/mol. The van der Waals surface area contributed by atoms with E-state index < -0.39 is 5.97 Å². The van der Waals surface area contributed by atoms with Crippen LogP contribution in [0.5, 0.6) is 0 Å². The van der Waals surface area contributed by atoms with Crippen LogP contribution in [0, 0.1) is 0 Å². The van der Waals surface area contributed by atoms with Gasteiger partial charge in [0.2, 0.25) is 0 Å². The van der Waals surface area contributed by atoms with Crippen LogP contribution in [-0.4, -0.2) is 16.9 Å². The van der Waals surface area contributed by atoms with Crippen molar-refractivity contribution < 1.29 is 14.7 Å². The number of carboxylic acids is 1. The summed E-state index contributed by atoms with van der Waals surface area (Å²) in [6.07, 6.45) is 3.82. The van der Waals surface area contributed by atoms with E-state index in [9.17, 15) is 9.59 Å². The average Bonchev–Trinajstić information content (AvgIpc) is 2.19. The number of carboxylic acid groups (broad SMARTS) is 1. The molecule has 1 aromatic carbocycles. The molecule has 16 heavy (non-hydrogen) atoms. The third kappa shape index (κ3) is 4.55. The standard InChI is InChI=1S/C13H14O3/c1-10(14)9-12-7-5-11(6-8-12)3-2-4-13(15)16/h2-3,5-8H,4,9H2,1H3,(H,15,16). The summed E-state index contributed by atoms with van der Waals surface area (Å²) in [4.78, 5) is 21.1. The Morgan fingerprint density at radius 3 is 2.38 bits per heavy atom. The number of hydrogen-bond acceptors (Lipinski definition) is 2. The Morgan fingerprint density at radius 1 is 1.25 bits per heavy atom. The fourth-order valence-electron chi connectivity index (χ4n) is 1.33. The summed E-state index contributed by atoms with van der Waals surface area (Å²) < 4.78 is 0. The molecular weight excluding hydrogens is 204 g/mol. The summed E-state index contributed by atoms with van der Waals surface area (Å²) in [6, 6.07) is 7.50. The molecule has 0 aromatic heterocycles. The zero-order valence-corrected chi connectivity index (χ0v) is 9.14. The summed E-state index contributed by atoms with van der Waals surface area (Å²) in [5.41, 5.74) is 1.91. The minimum atomic E-state index is -0.843. The predicted octanol–water partition coefficient (Wildman–Crippen LogP) is 2.31. The van der Waals surface area contributed by atoms with Crippen LogP contribution >= 0.6 is 0 Å². The van der Waals surface area contributed by atoms with Gasteiger partial charge in [0.15, 0.2) is 0 Å². The van der Waals surface area contributed by atoms with E-state index in [0.717, 1.165) is 11.1 Å². The molecule has 3 heteroatoms. The molecule has 0 radical (unpaired) electrons. The van der Waals surface area contributed by atoms with Crippen molar-refractivity contribution in [1.29, 1.82) is 0 Å². The zero-order chi connectivity index (χ0) is 12.0. The van der Waals surface area contributed by atoms with Crippen LogP contribution in [0.3, 0.4) is 0 Å². The van der Waals surface area contributed by atoms with Crippen LogP contribution in [0.15, 0.2) is 30.3 Å². The molecule has 1 aromatic rings. The van der Waals surface area contributed by atoms with Crippen molar-refractivity contribution in [3.8, 4) is 0 Å². The molecule has 0 amide bonds. The van der Waals surface area contributed by atoms with Gasteiger partial charge in [-0.25, -0.2) is 0 Å². The Balaban J connectivity index is 2.60. The number of Topliss-reactive ketones (excluding diaryl/α,β-unsaturated/α-hetero) is 1.